The molecule has 38 heavy (non-hydrogen) atoms. The zero-order valence-corrected chi connectivity index (χ0v) is 22.1. The second kappa shape index (κ2) is 8.88. The molecule has 3 heterocycles. The number of rotatable bonds is 6. The minimum Gasteiger partial charge on any atom is -0.487 e. The smallest absolute Gasteiger partial charge is 0.222 e. The Kier molecular flexibility index (Phi) is 5.55. The van der Waals surface area contributed by atoms with Crippen LogP contribution in [0.1, 0.15) is 55.7 Å². The van der Waals surface area contributed by atoms with Crippen molar-refractivity contribution in [2.24, 2.45) is 5.41 Å². The first-order valence-corrected chi connectivity index (χ1v) is 14.2. The van der Waals surface area contributed by atoms with E-state index < -0.39 is 6.10 Å². The molecule has 0 aromatic heterocycles. The van der Waals surface area contributed by atoms with Gasteiger partial charge in [-0.1, -0.05) is 79.7 Å². The predicted octanol–water partition coefficient (Wildman–Crippen LogP) is 5.45. The Balaban J connectivity index is 1.39. The number of aliphatic hydroxyl groups excluding tert-OH is 1. The van der Waals surface area contributed by atoms with E-state index >= 15 is 0 Å². The molecule has 2 saturated heterocycles. The van der Waals surface area contributed by atoms with Gasteiger partial charge in [0.05, 0.1) is 17.8 Å². The van der Waals surface area contributed by atoms with Crippen molar-refractivity contribution in [3.05, 3.63) is 95.6 Å². The van der Waals surface area contributed by atoms with Crippen LogP contribution in [-0.4, -0.2) is 40.6 Å². The summed E-state index contributed by atoms with van der Waals surface area (Å²) in [6, 6.07) is 27.3. The number of benzene rings is 3. The van der Waals surface area contributed by atoms with Gasteiger partial charge in [-0.25, -0.2) is 0 Å². The number of aliphatic hydroxyl groups is 1. The second-order valence-corrected chi connectivity index (χ2v) is 11.8. The average molecular weight is 509 g/mol. The maximum Gasteiger partial charge on any atom is 0.222 e. The Morgan fingerprint density at radius 2 is 1.68 bits per heavy atom. The number of piperidine rings is 1. The van der Waals surface area contributed by atoms with E-state index in [0.29, 0.717) is 19.6 Å². The normalized spacial score (nSPS) is 31.1. The number of hydrogen-bond donors (Lipinski definition) is 1. The summed E-state index contributed by atoms with van der Waals surface area (Å²) in [6.07, 6.45) is 3.59. The average Bonchev–Trinajstić information content (AvgIpc) is 3.49. The molecular formula is C33H36N2O3. The predicted molar refractivity (Wildman–Crippen MR) is 148 cm³/mol. The molecule has 0 unspecified atom stereocenters. The van der Waals surface area contributed by atoms with Crippen molar-refractivity contribution >= 4 is 11.6 Å². The van der Waals surface area contributed by atoms with Crippen molar-refractivity contribution in [1.29, 1.82) is 0 Å². The molecule has 0 radical (unpaired) electrons. The van der Waals surface area contributed by atoms with E-state index in [1.165, 1.54) is 11.1 Å². The van der Waals surface area contributed by atoms with Crippen LogP contribution in [0.2, 0.25) is 0 Å². The number of fused-ring (bicyclic) bond motifs is 1. The number of carbonyl (C=O) groups is 1. The van der Waals surface area contributed by atoms with Crippen LogP contribution in [0.25, 0.3) is 0 Å². The van der Waals surface area contributed by atoms with Crippen LogP contribution in [-0.2, 0) is 23.4 Å². The van der Waals surface area contributed by atoms with Gasteiger partial charge in [-0.05, 0) is 53.9 Å². The minimum atomic E-state index is -0.475. The molecule has 196 valence electrons. The Labute approximate surface area is 225 Å². The summed E-state index contributed by atoms with van der Waals surface area (Å²) in [5, 5.41) is 12.0. The van der Waals surface area contributed by atoms with Gasteiger partial charge < -0.3 is 19.6 Å². The Bertz CT molecular complexity index is 1340. The molecule has 5 heteroatoms. The van der Waals surface area contributed by atoms with Gasteiger partial charge >= 0.3 is 0 Å². The summed E-state index contributed by atoms with van der Waals surface area (Å²) in [7, 11) is 0. The fraction of sp³-hybridized carbons (Fsp3) is 0.424. The minimum absolute atomic E-state index is 0.0543. The molecule has 1 aliphatic carbocycles. The monoisotopic (exact) mass is 508 g/mol. The van der Waals surface area contributed by atoms with Crippen LogP contribution in [0.5, 0.6) is 5.75 Å². The first kappa shape index (κ1) is 23.8. The van der Waals surface area contributed by atoms with E-state index in [1.54, 1.807) is 0 Å². The quantitative estimate of drug-likeness (QED) is 0.481. The van der Waals surface area contributed by atoms with E-state index in [4.69, 9.17) is 4.74 Å². The van der Waals surface area contributed by atoms with E-state index in [0.717, 1.165) is 49.2 Å². The standard InChI is InChI=1S/C33H36N2O3/c1-2-32-17-16-28(37)34-19-18-33(31(32)34)25-14-9-15-27(38-22-24-12-7-4-8-13-24)29(25)35(30(33)26(36)20-32)21-23-10-5-3-6-11-23/h3-15,26,30-31,36H,2,16-22H2,1H3/t26-,30-,31-,32-,33-/m1/s1. The van der Waals surface area contributed by atoms with Gasteiger partial charge in [-0.15, -0.1) is 0 Å². The van der Waals surface area contributed by atoms with Crippen LogP contribution < -0.4 is 9.64 Å². The molecule has 5 nitrogen and oxygen atoms in total. The Hall–Kier alpha value is -3.31. The molecule has 1 spiro atoms. The Morgan fingerprint density at radius 1 is 0.947 bits per heavy atom. The van der Waals surface area contributed by atoms with Gasteiger partial charge in [-0.3, -0.25) is 4.79 Å². The molecule has 7 rings (SSSR count). The van der Waals surface area contributed by atoms with Gasteiger partial charge in [0, 0.05) is 31.0 Å². The van der Waals surface area contributed by atoms with E-state index in [-0.39, 0.29) is 28.8 Å². The van der Waals surface area contributed by atoms with E-state index in [1.807, 2.05) is 24.3 Å². The molecule has 5 atom stereocenters. The highest BCUT2D eigenvalue weighted by molar-refractivity contribution is 5.81. The number of ether oxygens (including phenoxy) is 1. The van der Waals surface area contributed by atoms with Crippen LogP contribution in [0.3, 0.4) is 0 Å². The maximum atomic E-state index is 13.3. The van der Waals surface area contributed by atoms with Gasteiger partial charge in [0.25, 0.3) is 0 Å². The first-order valence-electron chi connectivity index (χ1n) is 14.2. The zero-order chi connectivity index (χ0) is 25.9. The van der Waals surface area contributed by atoms with Crippen LogP contribution in [0.4, 0.5) is 5.69 Å². The lowest BCUT2D eigenvalue weighted by atomic mass is 9.51. The van der Waals surface area contributed by atoms with Gasteiger partial charge in [0.1, 0.15) is 12.4 Å². The molecule has 1 saturated carbocycles. The molecule has 4 aliphatic rings. The topological polar surface area (TPSA) is 53.0 Å². The Morgan fingerprint density at radius 3 is 2.42 bits per heavy atom. The van der Waals surface area contributed by atoms with Crippen molar-refractivity contribution in [1.82, 2.24) is 4.90 Å². The third-order valence-corrected chi connectivity index (χ3v) is 10.1. The molecule has 3 aromatic carbocycles. The molecule has 1 N–H and O–H groups in total. The summed E-state index contributed by atoms with van der Waals surface area (Å²) >= 11 is 0. The number of hydrogen-bond acceptors (Lipinski definition) is 4. The lowest BCUT2D eigenvalue weighted by Crippen LogP contribution is -2.69. The molecular weight excluding hydrogens is 472 g/mol. The largest absolute Gasteiger partial charge is 0.487 e. The first-order chi connectivity index (χ1) is 18.6. The zero-order valence-electron chi connectivity index (χ0n) is 22.1. The fourth-order valence-corrected chi connectivity index (χ4v) is 8.61. The third-order valence-electron chi connectivity index (χ3n) is 10.1. The van der Waals surface area contributed by atoms with Gasteiger partial charge in [0.15, 0.2) is 0 Å². The van der Waals surface area contributed by atoms with Crippen molar-refractivity contribution in [3.63, 3.8) is 0 Å². The summed E-state index contributed by atoms with van der Waals surface area (Å²) in [5.74, 6) is 1.14. The molecule has 3 fully saturated rings. The van der Waals surface area contributed by atoms with Crippen LogP contribution in [0, 0.1) is 5.41 Å². The summed E-state index contributed by atoms with van der Waals surface area (Å²) < 4.78 is 6.55. The van der Waals surface area contributed by atoms with Gasteiger partial charge in [-0.2, -0.15) is 0 Å². The van der Waals surface area contributed by atoms with Crippen molar-refractivity contribution in [3.8, 4) is 5.75 Å². The van der Waals surface area contributed by atoms with E-state index in [2.05, 4.69) is 71.3 Å². The van der Waals surface area contributed by atoms with Crippen LogP contribution >= 0.6 is 0 Å². The molecule has 3 aliphatic heterocycles. The number of amides is 1. The molecule has 1 amide bonds. The van der Waals surface area contributed by atoms with Crippen molar-refractivity contribution in [2.75, 3.05) is 11.4 Å². The highest BCUT2D eigenvalue weighted by Gasteiger charge is 2.71. The van der Waals surface area contributed by atoms with Crippen molar-refractivity contribution < 1.29 is 14.6 Å². The maximum absolute atomic E-state index is 13.3. The number of nitrogens with zero attached hydrogens (tertiary/aromatic N) is 2. The SMILES string of the molecule is CC[C@@]12CCC(=O)N3CC[C@]4(c5cccc(OCc6ccccc6)c5N(Cc5ccccc5)[C@@H]4[C@H](O)C1)[C@H]32. The van der Waals surface area contributed by atoms with E-state index in [9.17, 15) is 9.90 Å². The summed E-state index contributed by atoms with van der Waals surface area (Å²) in [5.41, 5.74) is 4.33. The number of anilines is 1. The van der Waals surface area contributed by atoms with Gasteiger partial charge in [0.2, 0.25) is 5.91 Å². The summed E-state index contributed by atoms with van der Waals surface area (Å²) in [6.45, 7) is 4.21. The second-order valence-electron chi connectivity index (χ2n) is 11.8. The highest BCUT2D eigenvalue weighted by atomic mass is 16.5. The van der Waals surface area contributed by atoms with Crippen molar-refractivity contribution in [2.45, 2.75) is 75.8 Å². The number of para-hydroxylation sites is 1. The summed E-state index contributed by atoms with van der Waals surface area (Å²) in [4.78, 5) is 17.9. The number of carbonyl (C=O) groups excluding carboxylic acids is 1. The molecule has 0 bridgehead atoms. The molecule has 3 aromatic rings. The fourth-order valence-electron chi connectivity index (χ4n) is 8.61. The third kappa shape index (κ3) is 3.30. The lowest BCUT2D eigenvalue weighted by molar-refractivity contribution is -0.150. The lowest BCUT2D eigenvalue weighted by Gasteiger charge is -2.59. The van der Waals surface area contributed by atoms with Crippen LogP contribution in [0.15, 0.2) is 78.9 Å². The highest BCUT2D eigenvalue weighted by Crippen LogP contribution is 2.66.